The SMILES string of the molecule is CN(C)C(=O)CO[C@H]1COC2(CCN(CC3CCOCC3)CC2)C1. The van der Waals surface area contributed by atoms with Crippen LogP contribution in [0.4, 0.5) is 0 Å². The van der Waals surface area contributed by atoms with Crippen LogP contribution >= 0.6 is 0 Å². The maximum Gasteiger partial charge on any atom is 0.248 e. The lowest BCUT2D eigenvalue weighted by atomic mass is 9.87. The van der Waals surface area contributed by atoms with Gasteiger partial charge < -0.3 is 24.0 Å². The predicted molar refractivity (Wildman–Crippen MR) is 91.0 cm³/mol. The standard InChI is InChI=1S/C18H32N2O4/c1-19(2)17(21)14-23-16-11-18(24-13-16)5-7-20(8-6-18)12-15-3-9-22-10-4-15/h15-16H,3-14H2,1-2H3/t16-/m1/s1. The number of carbonyl (C=O) groups is 1. The molecule has 0 radical (unpaired) electrons. The van der Waals surface area contributed by atoms with Gasteiger partial charge in [-0.05, 0) is 31.6 Å². The van der Waals surface area contributed by atoms with Crippen molar-refractivity contribution in [3.63, 3.8) is 0 Å². The minimum atomic E-state index is -0.0159. The van der Waals surface area contributed by atoms with E-state index in [-0.39, 0.29) is 24.2 Å². The van der Waals surface area contributed by atoms with Crippen LogP contribution in [0, 0.1) is 5.92 Å². The molecule has 3 aliphatic rings. The van der Waals surface area contributed by atoms with E-state index in [1.165, 1.54) is 19.4 Å². The third-order valence-corrected chi connectivity index (χ3v) is 5.74. The fraction of sp³-hybridized carbons (Fsp3) is 0.944. The van der Waals surface area contributed by atoms with Gasteiger partial charge in [0.1, 0.15) is 6.61 Å². The zero-order valence-electron chi connectivity index (χ0n) is 15.2. The first-order valence-electron chi connectivity index (χ1n) is 9.32. The average molecular weight is 340 g/mol. The van der Waals surface area contributed by atoms with Crippen molar-refractivity contribution in [1.29, 1.82) is 0 Å². The number of piperidine rings is 1. The normalized spacial score (nSPS) is 28.3. The van der Waals surface area contributed by atoms with E-state index >= 15 is 0 Å². The summed E-state index contributed by atoms with van der Waals surface area (Å²) in [6.07, 6.45) is 5.56. The van der Waals surface area contributed by atoms with Gasteiger partial charge in [0.05, 0.1) is 18.3 Å². The van der Waals surface area contributed by atoms with E-state index in [0.717, 1.165) is 51.5 Å². The summed E-state index contributed by atoms with van der Waals surface area (Å²) in [5.41, 5.74) is -0.0159. The van der Waals surface area contributed by atoms with Gasteiger partial charge >= 0.3 is 0 Å². The van der Waals surface area contributed by atoms with Crippen LogP contribution in [0.5, 0.6) is 0 Å². The van der Waals surface area contributed by atoms with Crippen LogP contribution in [0.2, 0.25) is 0 Å². The Labute approximate surface area is 145 Å². The Morgan fingerprint density at radius 3 is 2.62 bits per heavy atom. The summed E-state index contributed by atoms with van der Waals surface area (Å²) in [6, 6.07) is 0. The summed E-state index contributed by atoms with van der Waals surface area (Å²) in [5.74, 6) is 0.813. The van der Waals surface area contributed by atoms with Crippen LogP contribution in [0.3, 0.4) is 0 Å². The van der Waals surface area contributed by atoms with Gasteiger partial charge in [0.2, 0.25) is 5.91 Å². The van der Waals surface area contributed by atoms with Gasteiger partial charge in [-0.25, -0.2) is 0 Å². The number of hydrogen-bond donors (Lipinski definition) is 0. The number of likely N-dealkylation sites (N-methyl/N-ethyl adjacent to an activating group) is 1. The molecule has 0 saturated carbocycles. The van der Waals surface area contributed by atoms with Gasteiger partial charge in [-0.3, -0.25) is 4.79 Å². The molecule has 0 unspecified atom stereocenters. The van der Waals surface area contributed by atoms with Crippen LogP contribution < -0.4 is 0 Å². The maximum atomic E-state index is 11.6. The summed E-state index contributed by atoms with van der Waals surface area (Å²) in [4.78, 5) is 15.8. The van der Waals surface area contributed by atoms with E-state index in [4.69, 9.17) is 14.2 Å². The molecule has 0 aromatic heterocycles. The molecule has 1 amide bonds. The number of rotatable bonds is 5. The summed E-state index contributed by atoms with van der Waals surface area (Å²) in [5, 5.41) is 0. The fourth-order valence-electron chi connectivity index (χ4n) is 4.01. The second-order valence-corrected chi connectivity index (χ2v) is 7.78. The molecule has 0 aliphatic carbocycles. The lowest BCUT2D eigenvalue weighted by molar-refractivity contribution is -0.135. The molecule has 138 valence electrons. The summed E-state index contributed by atoms with van der Waals surface area (Å²) in [6.45, 7) is 6.07. The van der Waals surface area contributed by atoms with Gasteiger partial charge in [-0.1, -0.05) is 0 Å². The van der Waals surface area contributed by atoms with E-state index in [0.29, 0.717) is 6.61 Å². The molecule has 0 N–H and O–H groups in total. The van der Waals surface area contributed by atoms with E-state index in [2.05, 4.69) is 4.90 Å². The molecule has 0 aromatic rings. The highest BCUT2D eigenvalue weighted by Gasteiger charge is 2.43. The molecule has 3 heterocycles. The summed E-state index contributed by atoms with van der Waals surface area (Å²) < 4.78 is 17.3. The molecule has 1 atom stereocenters. The van der Waals surface area contributed by atoms with E-state index in [1.54, 1.807) is 19.0 Å². The summed E-state index contributed by atoms with van der Waals surface area (Å²) in [7, 11) is 3.51. The second-order valence-electron chi connectivity index (χ2n) is 7.78. The Morgan fingerprint density at radius 1 is 1.25 bits per heavy atom. The van der Waals surface area contributed by atoms with Crippen molar-refractivity contribution in [2.75, 3.05) is 60.2 Å². The first kappa shape index (κ1) is 18.1. The Morgan fingerprint density at radius 2 is 1.96 bits per heavy atom. The number of amides is 1. The van der Waals surface area contributed by atoms with Crippen molar-refractivity contribution >= 4 is 5.91 Å². The molecular formula is C18H32N2O4. The topological polar surface area (TPSA) is 51.2 Å². The molecule has 3 saturated heterocycles. The third-order valence-electron chi connectivity index (χ3n) is 5.74. The first-order chi connectivity index (χ1) is 11.6. The molecule has 3 fully saturated rings. The smallest absolute Gasteiger partial charge is 0.248 e. The molecule has 0 bridgehead atoms. The monoisotopic (exact) mass is 340 g/mol. The van der Waals surface area contributed by atoms with Crippen molar-refractivity contribution in [3.05, 3.63) is 0 Å². The zero-order chi connectivity index (χ0) is 17.0. The maximum absolute atomic E-state index is 11.6. The highest BCUT2D eigenvalue weighted by Crippen LogP contribution is 2.37. The lowest BCUT2D eigenvalue weighted by Gasteiger charge is -2.40. The largest absolute Gasteiger partial charge is 0.381 e. The summed E-state index contributed by atoms with van der Waals surface area (Å²) >= 11 is 0. The zero-order valence-corrected chi connectivity index (χ0v) is 15.2. The Balaban J connectivity index is 1.38. The second kappa shape index (κ2) is 8.13. The van der Waals surface area contributed by atoms with Crippen LogP contribution in [0.25, 0.3) is 0 Å². The van der Waals surface area contributed by atoms with Crippen molar-refractivity contribution < 1.29 is 19.0 Å². The van der Waals surface area contributed by atoms with Gasteiger partial charge in [0, 0.05) is 53.4 Å². The van der Waals surface area contributed by atoms with Crippen molar-refractivity contribution in [2.24, 2.45) is 5.92 Å². The number of carbonyl (C=O) groups excluding carboxylic acids is 1. The van der Waals surface area contributed by atoms with Crippen LogP contribution in [-0.4, -0.2) is 87.6 Å². The lowest BCUT2D eigenvalue weighted by Crippen LogP contribution is -2.46. The first-order valence-corrected chi connectivity index (χ1v) is 9.32. The fourth-order valence-corrected chi connectivity index (χ4v) is 4.01. The molecule has 3 rings (SSSR count). The molecule has 6 nitrogen and oxygen atoms in total. The minimum Gasteiger partial charge on any atom is -0.381 e. The molecule has 24 heavy (non-hydrogen) atoms. The van der Waals surface area contributed by atoms with E-state index in [9.17, 15) is 4.79 Å². The number of likely N-dealkylation sites (tertiary alicyclic amines) is 1. The molecule has 3 aliphatic heterocycles. The Hall–Kier alpha value is -0.690. The van der Waals surface area contributed by atoms with Crippen molar-refractivity contribution in [3.8, 4) is 0 Å². The Bertz CT molecular complexity index is 415. The Kier molecular flexibility index (Phi) is 6.13. The number of ether oxygens (including phenoxy) is 3. The molecule has 6 heteroatoms. The quantitative estimate of drug-likeness (QED) is 0.751. The van der Waals surface area contributed by atoms with Crippen LogP contribution in [0.1, 0.15) is 32.1 Å². The van der Waals surface area contributed by atoms with Gasteiger partial charge in [0.15, 0.2) is 0 Å². The number of nitrogens with zero attached hydrogens (tertiary/aromatic N) is 2. The highest BCUT2D eigenvalue weighted by molar-refractivity contribution is 5.76. The van der Waals surface area contributed by atoms with Crippen molar-refractivity contribution in [1.82, 2.24) is 9.80 Å². The van der Waals surface area contributed by atoms with Gasteiger partial charge in [-0.2, -0.15) is 0 Å². The van der Waals surface area contributed by atoms with Gasteiger partial charge in [0.25, 0.3) is 0 Å². The van der Waals surface area contributed by atoms with E-state index < -0.39 is 0 Å². The van der Waals surface area contributed by atoms with Crippen LogP contribution in [-0.2, 0) is 19.0 Å². The highest BCUT2D eigenvalue weighted by atomic mass is 16.6. The van der Waals surface area contributed by atoms with Gasteiger partial charge in [-0.15, -0.1) is 0 Å². The molecule has 1 spiro atoms. The van der Waals surface area contributed by atoms with Crippen molar-refractivity contribution in [2.45, 2.75) is 43.8 Å². The number of hydrogen-bond acceptors (Lipinski definition) is 5. The van der Waals surface area contributed by atoms with Crippen LogP contribution in [0.15, 0.2) is 0 Å². The average Bonchev–Trinajstić information content (AvgIpc) is 2.99. The molecule has 0 aromatic carbocycles. The predicted octanol–water partition coefficient (Wildman–Crippen LogP) is 1.14. The molecular weight excluding hydrogens is 308 g/mol. The van der Waals surface area contributed by atoms with E-state index in [1.807, 2.05) is 0 Å². The minimum absolute atomic E-state index is 0.0159. The third kappa shape index (κ3) is 4.69.